The summed E-state index contributed by atoms with van der Waals surface area (Å²) in [6.07, 6.45) is -4.71. The Morgan fingerprint density at radius 1 is 1.37 bits per heavy atom. The van der Waals surface area contributed by atoms with Crippen molar-refractivity contribution in [3.63, 3.8) is 0 Å². The van der Waals surface area contributed by atoms with Gasteiger partial charge in [-0.25, -0.2) is 0 Å². The van der Waals surface area contributed by atoms with Crippen LogP contribution in [-0.2, 0) is 4.79 Å². The minimum absolute atomic E-state index is 0.235. The Labute approximate surface area is 110 Å². The molecule has 19 heavy (non-hydrogen) atoms. The molecule has 1 aromatic rings. The molecule has 8 heteroatoms. The maximum Gasteiger partial charge on any atom is 0.573 e. The lowest BCUT2D eigenvalue weighted by molar-refractivity contribution is -0.274. The number of carboxylic acids is 1. The van der Waals surface area contributed by atoms with E-state index < -0.39 is 18.4 Å². The molecule has 1 unspecified atom stereocenters. The van der Waals surface area contributed by atoms with Crippen LogP contribution < -0.4 is 10.1 Å². The number of carbonyl (C=O) groups is 1. The van der Waals surface area contributed by atoms with Crippen molar-refractivity contribution in [2.45, 2.75) is 17.8 Å². The molecule has 104 valence electrons. The summed E-state index contributed by atoms with van der Waals surface area (Å²) in [5.41, 5.74) is 0.711. The first kappa shape index (κ1) is 14.0. The van der Waals surface area contributed by atoms with Crippen molar-refractivity contribution >= 4 is 17.7 Å². The molecule has 1 aliphatic heterocycles. The maximum atomic E-state index is 12.0. The zero-order chi connectivity index (χ0) is 14.0. The van der Waals surface area contributed by atoms with Crippen molar-refractivity contribution in [1.82, 2.24) is 5.32 Å². The van der Waals surface area contributed by atoms with E-state index in [0.717, 1.165) is 0 Å². The van der Waals surface area contributed by atoms with Gasteiger partial charge in [-0.3, -0.25) is 10.1 Å². The van der Waals surface area contributed by atoms with Gasteiger partial charge in [0.1, 0.15) is 11.8 Å². The highest BCUT2D eigenvalue weighted by molar-refractivity contribution is 7.99. The predicted octanol–water partition coefficient (Wildman–Crippen LogP) is 2.37. The summed E-state index contributed by atoms with van der Waals surface area (Å²) >= 11 is 1.40. The first-order valence-corrected chi connectivity index (χ1v) is 6.36. The van der Waals surface area contributed by atoms with Gasteiger partial charge in [-0.15, -0.1) is 24.9 Å². The molecule has 2 rings (SSSR count). The smallest absolute Gasteiger partial charge is 0.480 e. The Kier molecular flexibility index (Phi) is 3.91. The first-order chi connectivity index (χ1) is 8.85. The molecule has 2 atom stereocenters. The summed E-state index contributed by atoms with van der Waals surface area (Å²) in [5, 5.41) is 11.5. The van der Waals surface area contributed by atoms with E-state index in [1.165, 1.54) is 36.0 Å². The molecule has 1 aromatic carbocycles. The number of carboxylic acid groups (broad SMARTS) is 1. The third-order valence-corrected chi connectivity index (χ3v) is 3.76. The Morgan fingerprint density at radius 2 is 2.00 bits per heavy atom. The van der Waals surface area contributed by atoms with E-state index >= 15 is 0 Å². The van der Waals surface area contributed by atoms with E-state index in [1.54, 1.807) is 0 Å². The van der Waals surface area contributed by atoms with Crippen LogP contribution in [0.25, 0.3) is 0 Å². The van der Waals surface area contributed by atoms with Crippen molar-refractivity contribution < 1.29 is 27.8 Å². The van der Waals surface area contributed by atoms with Crippen LogP contribution in [0.4, 0.5) is 13.2 Å². The highest BCUT2D eigenvalue weighted by atomic mass is 32.2. The van der Waals surface area contributed by atoms with Crippen LogP contribution in [0, 0.1) is 0 Å². The number of aliphatic carboxylic acids is 1. The summed E-state index contributed by atoms with van der Waals surface area (Å²) in [6, 6.07) is 4.74. The minimum Gasteiger partial charge on any atom is -0.480 e. The fraction of sp³-hybridized carbons (Fsp3) is 0.364. The molecule has 1 heterocycles. The van der Waals surface area contributed by atoms with Gasteiger partial charge >= 0.3 is 12.3 Å². The van der Waals surface area contributed by atoms with Crippen molar-refractivity contribution in [2.24, 2.45) is 0 Å². The number of ether oxygens (including phenoxy) is 1. The topological polar surface area (TPSA) is 58.6 Å². The molecule has 0 amide bonds. The van der Waals surface area contributed by atoms with Crippen LogP contribution in [0.1, 0.15) is 10.9 Å². The summed E-state index contributed by atoms with van der Waals surface area (Å²) < 4.78 is 39.7. The highest BCUT2D eigenvalue weighted by Crippen LogP contribution is 2.34. The molecule has 0 aliphatic carbocycles. The second-order valence-corrected chi connectivity index (χ2v) is 5.03. The van der Waals surface area contributed by atoms with Gasteiger partial charge in [0.05, 0.1) is 5.37 Å². The quantitative estimate of drug-likeness (QED) is 0.896. The van der Waals surface area contributed by atoms with Crippen LogP contribution in [0.2, 0.25) is 0 Å². The molecule has 0 spiro atoms. The van der Waals surface area contributed by atoms with E-state index in [-0.39, 0.29) is 11.1 Å². The molecule has 1 fully saturated rings. The van der Waals surface area contributed by atoms with Gasteiger partial charge in [-0.1, -0.05) is 12.1 Å². The van der Waals surface area contributed by atoms with E-state index in [2.05, 4.69) is 10.1 Å². The van der Waals surface area contributed by atoms with Crippen molar-refractivity contribution in [3.8, 4) is 5.75 Å². The predicted molar refractivity (Wildman–Crippen MR) is 62.9 cm³/mol. The van der Waals surface area contributed by atoms with Crippen molar-refractivity contribution in [2.75, 3.05) is 5.75 Å². The molecular formula is C11H10F3NO3S. The highest BCUT2D eigenvalue weighted by Gasteiger charge is 2.32. The lowest BCUT2D eigenvalue weighted by atomic mass is 10.2. The zero-order valence-electron chi connectivity index (χ0n) is 9.48. The molecule has 0 aromatic heterocycles. The molecule has 2 N–H and O–H groups in total. The molecular weight excluding hydrogens is 283 g/mol. The SMILES string of the molecule is O=C(O)[C@H]1CSC(c2ccc(OC(F)(F)F)cc2)N1. The van der Waals surface area contributed by atoms with Crippen LogP contribution in [0.3, 0.4) is 0 Å². The van der Waals surface area contributed by atoms with Gasteiger partial charge in [0.15, 0.2) is 0 Å². The molecule has 0 radical (unpaired) electrons. The van der Waals surface area contributed by atoms with Gasteiger partial charge < -0.3 is 9.84 Å². The number of hydrogen-bond donors (Lipinski definition) is 2. The van der Waals surface area contributed by atoms with E-state index in [1.807, 2.05) is 0 Å². The van der Waals surface area contributed by atoms with Crippen molar-refractivity contribution in [3.05, 3.63) is 29.8 Å². The Morgan fingerprint density at radius 3 is 2.47 bits per heavy atom. The summed E-state index contributed by atoms with van der Waals surface area (Å²) in [4.78, 5) is 10.8. The fourth-order valence-corrected chi connectivity index (χ4v) is 2.88. The van der Waals surface area contributed by atoms with Crippen LogP contribution >= 0.6 is 11.8 Å². The standard InChI is InChI=1S/C11H10F3NO3S/c12-11(13,14)18-7-3-1-6(2-4-7)9-15-8(5-19-9)10(16)17/h1-4,8-9,15H,5H2,(H,16,17)/t8-,9?/m1/s1. The summed E-state index contributed by atoms with van der Waals surface area (Å²) in [5.74, 6) is -0.818. The van der Waals surface area contributed by atoms with E-state index in [4.69, 9.17) is 5.11 Å². The Hall–Kier alpha value is -1.41. The normalized spacial score (nSPS) is 23.3. The second-order valence-electron chi connectivity index (χ2n) is 3.89. The molecule has 0 bridgehead atoms. The Balaban J connectivity index is 2.01. The lowest BCUT2D eigenvalue weighted by Crippen LogP contribution is -2.33. The fourth-order valence-electron chi connectivity index (χ4n) is 1.65. The van der Waals surface area contributed by atoms with Crippen LogP contribution in [0.15, 0.2) is 24.3 Å². The van der Waals surface area contributed by atoms with Gasteiger partial charge in [0.2, 0.25) is 0 Å². The second kappa shape index (κ2) is 5.30. The minimum atomic E-state index is -4.71. The first-order valence-electron chi connectivity index (χ1n) is 5.31. The molecule has 1 aliphatic rings. The summed E-state index contributed by atoms with van der Waals surface area (Å²) in [6.45, 7) is 0. The van der Waals surface area contributed by atoms with Crippen LogP contribution in [-0.4, -0.2) is 29.2 Å². The molecule has 1 saturated heterocycles. The third-order valence-electron chi connectivity index (χ3n) is 2.50. The number of alkyl halides is 3. The molecule has 4 nitrogen and oxygen atoms in total. The van der Waals surface area contributed by atoms with Gasteiger partial charge in [0.25, 0.3) is 0 Å². The third kappa shape index (κ3) is 3.77. The number of halogens is 3. The average molecular weight is 293 g/mol. The monoisotopic (exact) mass is 293 g/mol. The Bertz CT molecular complexity index is 463. The average Bonchev–Trinajstić information content (AvgIpc) is 2.77. The maximum absolute atomic E-state index is 12.0. The van der Waals surface area contributed by atoms with Gasteiger partial charge in [-0.05, 0) is 17.7 Å². The van der Waals surface area contributed by atoms with Gasteiger partial charge in [-0.2, -0.15) is 0 Å². The number of thioether (sulfide) groups is 1. The van der Waals surface area contributed by atoms with Crippen LogP contribution in [0.5, 0.6) is 5.75 Å². The van der Waals surface area contributed by atoms with Gasteiger partial charge in [0, 0.05) is 5.75 Å². The number of nitrogens with one attached hydrogen (secondary N) is 1. The number of benzene rings is 1. The number of rotatable bonds is 3. The van der Waals surface area contributed by atoms with Crippen molar-refractivity contribution in [1.29, 1.82) is 0 Å². The summed E-state index contributed by atoms with van der Waals surface area (Å²) in [7, 11) is 0. The zero-order valence-corrected chi connectivity index (χ0v) is 10.3. The van der Waals surface area contributed by atoms with E-state index in [9.17, 15) is 18.0 Å². The number of hydrogen-bond acceptors (Lipinski definition) is 4. The van der Waals surface area contributed by atoms with E-state index in [0.29, 0.717) is 11.3 Å². The largest absolute Gasteiger partial charge is 0.573 e. The lowest BCUT2D eigenvalue weighted by Gasteiger charge is -2.13. The molecule has 0 saturated carbocycles.